The third kappa shape index (κ3) is 3.27. The van der Waals surface area contributed by atoms with Gasteiger partial charge >= 0.3 is 5.97 Å². The Morgan fingerprint density at radius 3 is 2.81 bits per heavy atom. The van der Waals surface area contributed by atoms with Crippen LogP contribution >= 0.6 is 22.9 Å². The van der Waals surface area contributed by atoms with Crippen molar-refractivity contribution in [2.75, 3.05) is 25.1 Å². The van der Waals surface area contributed by atoms with Crippen LogP contribution in [0.4, 0.5) is 5.13 Å². The normalized spacial score (nSPS) is 20.5. The molecule has 1 aliphatic rings. The van der Waals surface area contributed by atoms with Crippen molar-refractivity contribution >= 4 is 39.0 Å². The second-order valence-electron chi connectivity index (χ2n) is 6.11. The molecule has 0 saturated carbocycles. The Balaban J connectivity index is 1.58. The number of carbonyl (C=O) groups excluding carboxylic acids is 1. The minimum absolute atomic E-state index is 0.0892. The topological polar surface area (TPSA) is 69.0 Å². The molecule has 0 spiro atoms. The van der Waals surface area contributed by atoms with E-state index in [1.54, 1.807) is 4.52 Å². The van der Waals surface area contributed by atoms with E-state index in [9.17, 15) is 4.79 Å². The maximum atomic E-state index is 11.8. The monoisotopic (exact) mass is 392 g/mol. The molecule has 3 heterocycles. The molecule has 2 atom stereocenters. The number of ether oxygens (including phenoxy) is 2. The standard InChI is InChI=1S/C17H17ClN4O3S/c1-10-7-21(9-14(25-10)15(23)24-2)17-20-22-8-13(19-16(22)26-17)11-3-5-12(18)6-4-11/h3-6,8,10,14H,7,9H2,1-2H3/t10-,14?/m1/s1. The number of hydrogen-bond acceptors (Lipinski definition) is 7. The number of benzene rings is 1. The molecule has 9 heteroatoms. The van der Waals surface area contributed by atoms with Crippen LogP contribution in [0.15, 0.2) is 30.5 Å². The third-order valence-corrected chi connectivity index (χ3v) is 5.40. The number of carbonyl (C=O) groups is 1. The summed E-state index contributed by atoms with van der Waals surface area (Å²) in [7, 11) is 1.37. The summed E-state index contributed by atoms with van der Waals surface area (Å²) in [5, 5.41) is 6.12. The van der Waals surface area contributed by atoms with E-state index in [0.717, 1.165) is 21.3 Å². The van der Waals surface area contributed by atoms with Crippen molar-refractivity contribution in [3.05, 3.63) is 35.5 Å². The van der Waals surface area contributed by atoms with Gasteiger partial charge in [0.05, 0.1) is 31.6 Å². The van der Waals surface area contributed by atoms with Gasteiger partial charge in [-0.05, 0) is 19.1 Å². The Labute approximate surface area is 159 Å². The van der Waals surface area contributed by atoms with Gasteiger partial charge < -0.3 is 14.4 Å². The van der Waals surface area contributed by atoms with Gasteiger partial charge in [0, 0.05) is 17.1 Å². The molecule has 26 heavy (non-hydrogen) atoms. The van der Waals surface area contributed by atoms with Crippen LogP contribution in [0, 0.1) is 0 Å². The minimum atomic E-state index is -0.607. The lowest BCUT2D eigenvalue weighted by Crippen LogP contribution is -2.50. The van der Waals surface area contributed by atoms with Gasteiger partial charge in [-0.3, -0.25) is 0 Å². The first kappa shape index (κ1) is 17.3. The second-order valence-corrected chi connectivity index (χ2v) is 7.48. The predicted octanol–water partition coefficient (Wildman–Crippen LogP) is 2.88. The van der Waals surface area contributed by atoms with E-state index in [1.165, 1.54) is 18.4 Å². The van der Waals surface area contributed by atoms with Crippen LogP contribution in [0.5, 0.6) is 0 Å². The number of aromatic nitrogens is 3. The summed E-state index contributed by atoms with van der Waals surface area (Å²) in [5.74, 6) is -0.368. The number of morpholine rings is 1. The lowest BCUT2D eigenvalue weighted by molar-refractivity contribution is -0.158. The zero-order valence-electron chi connectivity index (χ0n) is 14.3. The molecular weight excluding hydrogens is 376 g/mol. The summed E-state index contributed by atoms with van der Waals surface area (Å²) in [4.78, 5) is 19.3. The summed E-state index contributed by atoms with van der Waals surface area (Å²) in [5.41, 5.74) is 1.83. The van der Waals surface area contributed by atoms with Crippen molar-refractivity contribution in [3.8, 4) is 11.3 Å². The molecule has 2 aromatic heterocycles. The fourth-order valence-corrected chi connectivity index (χ4v) is 3.97. The molecule has 3 aromatic rings. The van der Waals surface area contributed by atoms with Crippen LogP contribution in [0.3, 0.4) is 0 Å². The number of hydrogen-bond donors (Lipinski definition) is 0. The number of nitrogens with zero attached hydrogens (tertiary/aromatic N) is 4. The summed E-state index contributed by atoms with van der Waals surface area (Å²) < 4.78 is 12.2. The Kier molecular flexibility index (Phi) is 4.56. The van der Waals surface area contributed by atoms with Gasteiger partial charge in [-0.1, -0.05) is 35.1 Å². The molecule has 0 aliphatic carbocycles. The van der Waals surface area contributed by atoms with E-state index < -0.39 is 6.10 Å². The van der Waals surface area contributed by atoms with Crippen LogP contribution < -0.4 is 4.90 Å². The number of esters is 1. The minimum Gasteiger partial charge on any atom is -0.467 e. The fourth-order valence-electron chi connectivity index (χ4n) is 2.95. The molecule has 1 fully saturated rings. The molecular formula is C17H17ClN4O3S. The summed E-state index contributed by atoms with van der Waals surface area (Å²) in [6.45, 7) is 3.01. The zero-order chi connectivity index (χ0) is 18.3. The quantitative estimate of drug-likeness (QED) is 0.638. The summed E-state index contributed by atoms with van der Waals surface area (Å²) in [6.07, 6.45) is 1.19. The molecule has 0 amide bonds. The van der Waals surface area contributed by atoms with Crippen LogP contribution in [0.2, 0.25) is 5.02 Å². The Morgan fingerprint density at radius 2 is 2.12 bits per heavy atom. The molecule has 1 saturated heterocycles. The van der Waals surface area contributed by atoms with Gasteiger partial charge in [-0.25, -0.2) is 14.3 Å². The van der Waals surface area contributed by atoms with Gasteiger partial charge in [0.15, 0.2) is 6.10 Å². The highest BCUT2D eigenvalue weighted by Gasteiger charge is 2.32. The van der Waals surface area contributed by atoms with E-state index in [4.69, 9.17) is 21.1 Å². The molecule has 0 radical (unpaired) electrons. The molecule has 7 nitrogen and oxygen atoms in total. The van der Waals surface area contributed by atoms with Gasteiger partial charge in [-0.15, -0.1) is 5.10 Å². The van der Waals surface area contributed by atoms with Crippen molar-refractivity contribution in [2.24, 2.45) is 0 Å². The maximum absolute atomic E-state index is 11.8. The number of methoxy groups -OCH3 is 1. The summed E-state index contributed by atoms with van der Waals surface area (Å²) in [6, 6.07) is 7.54. The van der Waals surface area contributed by atoms with Gasteiger partial charge in [0.2, 0.25) is 10.1 Å². The Morgan fingerprint density at radius 1 is 1.35 bits per heavy atom. The smallest absolute Gasteiger partial charge is 0.336 e. The first-order valence-corrected chi connectivity index (χ1v) is 9.33. The van der Waals surface area contributed by atoms with Crippen molar-refractivity contribution in [3.63, 3.8) is 0 Å². The Bertz CT molecular complexity index is 908. The number of imidazole rings is 1. The molecule has 0 bridgehead atoms. The molecule has 4 rings (SSSR count). The first-order valence-electron chi connectivity index (χ1n) is 8.14. The second kappa shape index (κ2) is 6.86. The lowest BCUT2D eigenvalue weighted by atomic mass is 10.2. The van der Waals surface area contributed by atoms with E-state index >= 15 is 0 Å². The van der Waals surface area contributed by atoms with Gasteiger partial charge in [0.1, 0.15) is 0 Å². The molecule has 0 N–H and O–H groups in total. The molecule has 1 aliphatic heterocycles. The predicted molar refractivity (Wildman–Crippen MR) is 99.9 cm³/mol. The van der Waals surface area contributed by atoms with Crippen molar-refractivity contribution in [2.45, 2.75) is 19.1 Å². The van der Waals surface area contributed by atoms with Gasteiger partial charge in [-0.2, -0.15) is 0 Å². The highest BCUT2D eigenvalue weighted by molar-refractivity contribution is 7.20. The average Bonchev–Trinajstić information content (AvgIpc) is 3.20. The number of fused-ring (bicyclic) bond motifs is 1. The zero-order valence-corrected chi connectivity index (χ0v) is 15.8. The maximum Gasteiger partial charge on any atom is 0.336 e. The SMILES string of the molecule is COC(=O)C1CN(c2nn3cc(-c4ccc(Cl)cc4)nc3s2)C[C@@H](C)O1. The lowest BCUT2D eigenvalue weighted by Gasteiger charge is -2.34. The molecule has 1 unspecified atom stereocenters. The van der Waals surface area contributed by atoms with E-state index in [-0.39, 0.29) is 12.1 Å². The number of rotatable bonds is 3. The largest absolute Gasteiger partial charge is 0.467 e. The summed E-state index contributed by atoms with van der Waals surface area (Å²) >= 11 is 7.41. The first-order chi connectivity index (χ1) is 12.5. The fraction of sp³-hybridized carbons (Fsp3) is 0.353. The van der Waals surface area contributed by atoms with Gasteiger partial charge in [0.25, 0.3) is 0 Å². The van der Waals surface area contributed by atoms with Crippen molar-refractivity contribution < 1.29 is 14.3 Å². The van der Waals surface area contributed by atoms with E-state index in [2.05, 4.69) is 10.1 Å². The highest BCUT2D eigenvalue weighted by atomic mass is 35.5. The van der Waals surface area contributed by atoms with Crippen molar-refractivity contribution in [1.29, 1.82) is 0 Å². The third-order valence-electron chi connectivity index (χ3n) is 4.17. The highest BCUT2D eigenvalue weighted by Crippen LogP contribution is 2.29. The van der Waals surface area contributed by atoms with Crippen molar-refractivity contribution in [1.82, 2.24) is 14.6 Å². The average molecular weight is 393 g/mol. The van der Waals surface area contributed by atoms with E-state index in [1.807, 2.05) is 42.3 Å². The molecule has 136 valence electrons. The van der Waals surface area contributed by atoms with Crippen LogP contribution in [-0.4, -0.2) is 53.0 Å². The van der Waals surface area contributed by atoms with Crippen LogP contribution in [0.25, 0.3) is 16.2 Å². The van der Waals surface area contributed by atoms with E-state index in [0.29, 0.717) is 18.1 Å². The molecule has 1 aromatic carbocycles. The van der Waals surface area contributed by atoms with Crippen LogP contribution in [0.1, 0.15) is 6.92 Å². The number of halogens is 1. The van der Waals surface area contributed by atoms with Crippen LogP contribution in [-0.2, 0) is 14.3 Å². The Hall–Kier alpha value is -2.16. The number of anilines is 1.